The molecule has 8 heteroatoms. The fourth-order valence-electron chi connectivity index (χ4n) is 1.52. The Bertz CT molecular complexity index is 708. The molecule has 1 aromatic heterocycles. The third kappa shape index (κ3) is 2.74. The minimum atomic E-state index is -3.69. The second kappa shape index (κ2) is 4.98. The van der Waals surface area contributed by atoms with E-state index in [-0.39, 0.29) is 15.7 Å². The first-order valence-electron chi connectivity index (χ1n) is 5.31. The first-order chi connectivity index (χ1) is 8.92. The first kappa shape index (κ1) is 13.5. The van der Waals surface area contributed by atoms with Crippen LogP contribution in [0.2, 0.25) is 0 Å². The third-order valence-electron chi connectivity index (χ3n) is 2.49. The van der Waals surface area contributed by atoms with E-state index in [9.17, 15) is 8.42 Å². The largest absolute Gasteiger partial charge is 0.389 e. The van der Waals surface area contributed by atoms with Crippen LogP contribution in [0, 0.1) is 0 Å². The van der Waals surface area contributed by atoms with Crippen LogP contribution in [0.3, 0.4) is 0 Å². The molecule has 0 spiro atoms. The molecular weight excluding hydrogens is 284 g/mol. The molecule has 3 N–H and O–H groups in total. The summed E-state index contributed by atoms with van der Waals surface area (Å²) in [6, 6.07) is 8.03. The molecule has 2 rings (SSSR count). The summed E-state index contributed by atoms with van der Waals surface area (Å²) in [5.41, 5.74) is 5.91. The fraction of sp³-hybridized carbons (Fsp3) is 0.0909. The lowest BCUT2D eigenvalue weighted by atomic mass is 10.3. The minimum absolute atomic E-state index is 0.0823. The molecule has 0 fully saturated rings. The number of hydrogen-bond acceptors (Lipinski definition) is 4. The van der Waals surface area contributed by atoms with Crippen molar-refractivity contribution in [2.75, 3.05) is 4.72 Å². The molecule has 0 radical (unpaired) electrons. The van der Waals surface area contributed by atoms with Gasteiger partial charge in [0.15, 0.2) is 0 Å². The summed E-state index contributed by atoms with van der Waals surface area (Å²) >= 11 is 4.86. The van der Waals surface area contributed by atoms with Gasteiger partial charge in [0.2, 0.25) is 0 Å². The van der Waals surface area contributed by atoms with Crippen molar-refractivity contribution in [3.63, 3.8) is 0 Å². The number of nitrogens with two attached hydrogens (primary N) is 1. The molecule has 19 heavy (non-hydrogen) atoms. The molecule has 0 aliphatic carbocycles. The van der Waals surface area contributed by atoms with Crippen LogP contribution in [0.25, 0.3) is 0 Å². The molecule has 1 heterocycles. The molecule has 0 aliphatic rings. The number of aryl methyl sites for hydroxylation is 1. The molecular formula is C11H12N4O2S2. The summed E-state index contributed by atoms with van der Waals surface area (Å²) in [5.74, 6) is 0.247. The van der Waals surface area contributed by atoms with Gasteiger partial charge < -0.3 is 5.73 Å². The van der Waals surface area contributed by atoms with E-state index in [1.54, 1.807) is 25.2 Å². The summed E-state index contributed by atoms with van der Waals surface area (Å²) in [7, 11) is -2.09. The Balaban J connectivity index is 2.42. The van der Waals surface area contributed by atoms with Gasteiger partial charge in [0.25, 0.3) is 10.0 Å². The van der Waals surface area contributed by atoms with E-state index in [0.29, 0.717) is 5.56 Å². The highest BCUT2D eigenvalue weighted by atomic mass is 32.2. The van der Waals surface area contributed by atoms with E-state index < -0.39 is 10.0 Å². The Morgan fingerprint density at radius 2 is 2.00 bits per heavy atom. The summed E-state index contributed by atoms with van der Waals surface area (Å²) in [6.07, 6.45) is 1.42. The monoisotopic (exact) mass is 296 g/mol. The highest BCUT2D eigenvalue weighted by Gasteiger charge is 2.19. The molecule has 0 atom stereocenters. The van der Waals surface area contributed by atoms with Gasteiger partial charge in [-0.15, -0.1) is 0 Å². The normalized spacial score (nSPS) is 11.2. The highest BCUT2D eigenvalue weighted by molar-refractivity contribution is 7.92. The number of sulfonamides is 1. The quantitative estimate of drug-likeness (QED) is 0.817. The van der Waals surface area contributed by atoms with Gasteiger partial charge in [-0.25, -0.2) is 8.42 Å². The van der Waals surface area contributed by atoms with Gasteiger partial charge in [0.05, 0.1) is 16.7 Å². The number of thiocarbonyl (C=S) groups is 1. The molecule has 100 valence electrons. The smallest absolute Gasteiger partial charge is 0.263 e. The van der Waals surface area contributed by atoms with Gasteiger partial charge in [0, 0.05) is 7.05 Å². The van der Waals surface area contributed by atoms with Gasteiger partial charge in [-0.2, -0.15) is 5.10 Å². The van der Waals surface area contributed by atoms with Gasteiger partial charge in [-0.3, -0.25) is 9.40 Å². The molecule has 0 saturated carbocycles. The molecule has 1 aromatic carbocycles. The van der Waals surface area contributed by atoms with Crippen molar-refractivity contribution in [2.24, 2.45) is 12.8 Å². The van der Waals surface area contributed by atoms with Crippen LogP contribution in [-0.2, 0) is 17.1 Å². The van der Waals surface area contributed by atoms with E-state index in [0.717, 1.165) is 0 Å². The van der Waals surface area contributed by atoms with Crippen molar-refractivity contribution in [3.05, 3.63) is 42.1 Å². The average molecular weight is 296 g/mol. The molecule has 2 aromatic rings. The van der Waals surface area contributed by atoms with Gasteiger partial charge in [-0.1, -0.05) is 30.4 Å². The van der Waals surface area contributed by atoms with Crippen LogP contribution in [0.4, 0.5) is 5.82 Å². The second-order valence-electron chi connectivity index (χ2n) is 3.81. The van der Waals surface area contributed by atoms with Crippen molar-refractivity contribution in [1.82, 2.24) is 9.78 Å². The van der Waals surface area contributed by atoms with Crippen LogP contribution in [0.1, 0.15) is 5.56 Å². The van der Waals surface area contributed by atoms with Crippen molar-refractivity contribution in [1.29, 1.82) is 0 Å². The van der Waals surface area contributed by atoms with Gasteiger partial charge in [-0.05, 0) is 12.1 Å². The number of aromatic nitrogens is 2. The maximum atomic E-state index is 12.2. The number of hydrogen-bond donors (Lipinski definition) is 2. The van der Waals surface area contributed by atoms with Crippen molar-refractivity contribution in [2.45, 2.75) is 4.90 Å². The number of benzene rings is 1. The Morgan fingerprint density at radius 1 is 1.37 bits per heavy atom. The predicted molar refractivity (Wildman–Crippen MR) is 76.3 cm³/mol. The third-order valence-corrected chi connectivity index (χ3v) is 4.06. The number of anilines is 1. The lowest BCUT2D eigenvalue weighted by molar-refractivity contribution is 0.600. The Labute approximate surface area is 116 Å². The minimum Gasteiger partial charge on any atom is -0.389 e. The van der Waals surface area contributed by atoms with Crippen molar-refractivity contribution >= 4 is 33.0 Å². The van der Waals surface area contributed by atoms with E-state index in [1.807, 2.05) is 0 Å². The Kier molecular flexibility index (Phi) is 3.54. The predicted octanol–water partition coefficient (Wildman–Crippen LogP) is 0.855. The van der Waals surface area contributed by atoms with Crippen molar-refractivity contribution in [3.8, 4) is 0 Å². The zero-order valence-corrected chi connectivity index (χ0v) is 11.7. The Hall–Kier alpha value is -1.93. The number of nitrogens with one attached hydrogen (secondary N) is 1. The van der Waals surface area contributed by atoms with E-state index in [1.165, 1.54) is 23.0 Å². The van der Waals surface area contributed by atoms with E-state index >= 15 is 0 Å². The molecule has 0 unspecified atom stereocenters. The summed E-state index contributed by atoms with van der Waals surface area (Å²) < 4.78 is 28.2. The number of rotatable bonds is 4. The zero-order valence-electron chi connectivity index (χ0n) is 10.1. The van der Waals surface area contributed by atoms with Crippen molar-refractivity contribution < 1.29 is 8.42 Å². The maximum Gasteiger partial charge on any atom is 0.263 e. The maximum absolute atomic E-state index is 12.2. The van der Waals surface area contributed by atoms with E-state index in [2.05, 4.69) is 9.82 Å². The summed E-state index contributed by atoms with van der Waals surface area (Å²) in [6.45, 7) is 0. The molecule has 0 amide bonds. The van der Waals surface area contributed by atoms with Crippen LogP contribution < -0.4 is 10.5 Å². The van der Waals surface area contributed by atoms with E-state index in [4.69, 9.17) is 18.0 Å². The molecule has 0 bridgehead atoms. The lowest BCUT2D eigenvalue weighted by Gasteiger charge is -2.09. The molecule has 0 saturated heterocycles. The Morgan fingerprint density at radius 3 is 2.58 bits per heavy atom. The molecule has 0 aliphatic heterocycles. The topological polar surface area (TPSA) is 90.0 Å². The van der Waals surface area contributed by atoms with Crippen LogP contribution in [0.15, 0.2) is 41.4 Å². The SMILES string of the molecule is Cn1ncc(C(N)=S)c1NS(=O)(=O)c1ccccc1. The van der Waals surface area contributed by atoms with Gasteiger partial charge in [0.1, 0.15) is 10.8 Å². The second-order valence-corrected chi connectivity index (χ2v) is 5.94. The van der Waals surface area contributed by atoms with Crippen LogP contribution in [-0.4, -0.2) is 23.2 Å². The van der Waals surface area contributed by atoms with Crippen LogP contribution in [0.5, 0.6) is 0 Å². The summed E-state index contributed by atoms with van der Waals surface area (Å²) in [4.78, 5) is 0.240. The fourth-order valence-corrected chi connectivity index (χ4v) is 2.80. The van der Waals surface area contributed by atoms with Crippen LogP contribution >= 0.6 is 12.2 Å². The lowest BCUT2D eigenvalue weighted by Crippen LogP contribution is -2.19. The number of nitrogens with zero attached hydrogens (tertiary/aromatic N) is 2. The van der Waals surface area contributed by atoms with Gasteiger partial charge >= 0.3 is 0 Å². The molecule has 6 nitrogen and oxygen atoms in total. The zero-order chi connectivity index (χ0) is 14.0. The highest BCUT2D eigenvalue weighted by Crippen LogP contribution is 2.19. The summed E-state index contributed by atoms with van der Waals surface area (Å²) in [5, 5.41) is 3.94. The standard InChI is InChI=1S/C11H12N4O2S2/c1-15-11(9(7-13-15)10(12)18)14-19(16,17)8-5-3-2-4-6-8/h2-7,14H,1H3,(H2,12,18). The first-order valence-corrected chi connectivity index (χ1v) is 7.20. The average Bonchev–Trinajstić information content (AvgIpc) is 2.72.